The summed E-state index contributed by atoms with van der Waals surface area (Å²) in [6, 6.07) is 0. The van der Waals surface area contributed by atoms with Gasteiger partial charge >= 0.3 is 0 Å². The molecule has 4 heteroatoms. The maximum atomic E-state index is 5.97. The van der Waals surface area contributed by atoms with Gasteiger partial charge in [0, 0.05) is 25.2 Å². The van der Waals surface area contributed by atoms with Crippen LogP contribution in [0.4, 0.5) is 5.82 Å². The monoisotopic (exact) mass is 260 g/mol. The molecule has 1 aliphatic rings. The lowest BCUT2D eigenvalue weighted by Gasteiger charge is -2.29. The molecule has 4 nitrogen and oxygen atoms in total. The molecule has 0 radical (unpaired) electrons. The maximum absolute atomic E-state index is 5.97. The number of rotatable bonds is 4. The van der Waals surface area contributed by atoms with Crippen molar-refractivity contribution in [2.24, 2.45) is 5.73 Å². The first kappa shape index (κ1) is 14.0. The van der Waals surface area contributed by atoms with Crippen molar-refractivity contribution in [3.05, 3.63) is 28.5 Å². The van der Waals surface area contributed by atoms with Crippen LogP contribution in [0.2, 0.25) is 0 Å². The van der Waals surface area contributed by atoms with Gasteiger partial charge in [-0.3, -0.25) is 0 Å². The molecule has 0 aromatic carbocycles. The van der Waals surface area contributed by atoms with E-state index < -0.39 is 0 Å². The lowest BCUT2D eigenvalue weighted by Crippen LogP contribution is -2.31. The smallest absolute Gasteiger partial charge is 0.156 e. The Morgan fingerprint density at radius 3 is 2.53 bits per heavy atom. The molecule has 0 spiro atoms. The average molecular weight is 260 g/mol. The Morgan fingerprint density at radius 2 is 2.00 bits per heavy atom. The fraction of sp³-hybridized carbons (Fsp3) is 0.600. The Morgan fingerprint density at radius 1 is 1.21 bits per heavy atom. The molecule has 0 saturated carbocycles. The summed E-state index contributed by atoms with van der Waals surface area (Å²) in [6.45, 7) is 8.95. The van der Waals surface area contributed by atoms with Crippen molar-refractivity contribution in [3.63, 3.8) is 0 Å². The number of nitrogens with zero attached hydrogens (tertiary/aromatic N) is 3. The Hall–Kier alpha value is -1.42. The highest BCUT2D eigenvalue weighted by Gasteiger charge is 2.19. The highest BCUT2D eigenvalue weighted by Crippen LogP contribution is 2.25. The largest absolute Gasteiger partial charge is 0.351 e. The van der Waals surface area contributed by atoms with Gasteiger partial charge in [0.1, 0.15) is 0 Å². The summed E-state index contributed by atoms with van der Waals surface area (Å²) in [5, 5.41) is 8.85. The summed E-state index contributed by atoms with van der Waals surface area (Å²) >= 11 is 0. The molecule has 0 bridgehead atoms. The first-order valence-electron chi connectivity index (χ1n) is 7.19. The van der Waals surface area contributed by atoms with Gasteiger partial charge in [0.25, 0.3) is 0 Å². The molecule has 19 heavy (non-hydrogen) atoms. The third-order valence-electron chi connectivity index (χ3n) is 3.88. The van der Waals surface area contributed by atoms with Crippen LogP contribution in [0, 0.1) is 0 Å². The molecule has 2 heterocycles. The van der Waals surface area contributed by atoms with E-state index in [2.05, 4.69) is 41.9 Å². The van der Waals surface area contributed by atoms with Gasteiger partial charge in [0.15, 0.2) is 5.82 Å². The predicted molar refractivity (Wildman–Crippen MR) is 79.3 cm³/mol. The van der Waals surface area contributed by atoms with Crippen molar-refractivity contribution >= 4 is 5.82 Å². The lowest BCUT2D eigenvalue weighted by molar-refractivity contribution is 0.739. The second-order valence-corrected chi connectivity index (χ2v) is 5.09. The van der Waals surface area contributed by atoms with Gasteiger partial charge in [0.05, 0.1) is 5.69 Å². The van der Waals surface area contributed by atoms with E-state index in [4.69, 9.17) is 5.73 Å². The molecule has 0 fully saturated rings. The van der Waals surface area contributed by atoms with Crippen LogP contribution in [0.3, 0.4) is 0 Å². The van der Waals surface area contributed by atoms with Crippen LogP contribution in [0.25, 0.3) is 0 Å². The van der Waals surface area contributed by atoms with E-state index in [0.29, 0.717) is 6.54 Å². The van der Waals surface area contributed by atoms with E-state index in [-0.39, 0.29) is 0 Å². The molecule has 0 amide bonds. The number of hydrogen-bond acceptors (Lipinski definition) is 4. The molecule has 1 aliphatic heterocycles. The Balaban J connectivity index is 2.40. The highest BCUT2D eigenvalue weighted by atomic mass is 15.3. The summed E-state index contributed by atoms with van der Waals surface area (Å²) in [5.74, 6) is 0.986. The SMILES string of the molecule is CCc1nnc(N2CC=C(C)CC2)c(CN)c1CC. The molecule has 1 aromatic heterocycles. The minimum Gasteiger partial charge on any atom is -0.351 e. The van der Waals surface area contributed by atoms with E-state index in [1.54, 1.807) is 0 Å². The van der Waals surface area contributed by atoms with E-state index in [0.717, 1.165) is 43.9 Å². The summed E-state index contributed by atoms with van der Waals surface area (Å²) in [6.07, 6.45) is 5.26. The second-order valence-electron chi connectivity index (χ2n) is 5.09. The molecular formula is C15H24N4. The van der Waals surface area contributed by atoms with Crippen molar-refractivity contribution in [1.82, 2.24) is 10.2 Å². The van der Waals surface area contributed by atoms with Crippen LogP contribution < -0.4 is 10.6 Å². The van der Waals surface area contributed by atoms with Gasteiger partial charge < -0.3 is 10.6 Å². The van der Waals surface area contributed by atoms with Gasteiger partial charge in [-0.1, -0.05) is 25.5 Å². The van der Waals surface area contributed by atoms with Crippen molar-refractivity contribution in [3.8, 4) is 0 Å². The molecule has 2 N–H and O–H groups in total. The number of aromatic nitrogens is 2. The molecule has 0 aliphatic carbocycles. The number of aryl methyl sites for hydroxylation is 1. The third-order valence-corrected chi connectivity index (χ3v) is 3.88. The summed E-state index contributed by atoms with van der Waals surface area (Å²) in [5.41, 5.74) is 11.0. The van der Waals surface area contributed by atoms with Crippen molar-refractivity contribution in [2.75, 3.05) is 18.0 Å². The molecular weight excluding hydrogens is 236 g/mol. The topological polar surface area (TPSA) is 55.0 Å². The quantitative estimate of drug-likeness (QED) is 0.843. The lowest BCUT2D eigenvalue weighted by atomic mass is 10.0. The fourth-order valence-electron chi connectivity index (χ4n) is 2.67. The standard InChI is InChI=1S/C15H24N4/c1-4-12-13(10-16)15(18-17-14(12)5-2)19-8-6-11(3)7-9-19/h6H,4-5,7-10,16H2,1-3H3. The first-order valence-corrected chi connectivity index (χ1v) is 7.19. The highest BCUT2D eigenvalue weighted by molar-refractivity contribution is 5.52. The van der Waals surface area contributed by atoms with Crippen molar-refractivity contribution in [2.45, 2.75) is 46.6 Å². The normalized spacial score (nSPS) is 15.6. The van der Waals surface area contributed by atoms with Crippen LogP contribution in [0.15, 0.2) is 11.6 Å². The van der Waals surface area contributed by atoms with Crippen molar-refractivity contribution in [1.29, 1.82) is 0 Å². The maximum Gasteiger partial charge on any atom is 0.156 e. The van der Waals surface area contributed by atoms with Crippen molar-refractivity contribution < 1.29 is 0 Å². The molecule has 104 valence electrons. The van der Waals surface area contributed by atoms with E-state index in [1.165, 1.54) is 16.7 Å². The fourth-order valence-corrected chi connectivity index (χ4v) is 2.67. The van der Waals surface area contributed by atoms with Crippen LogP contribution in [-0.2, 0) is 19.4 Å². The van der Waals surface area contributed by atoms with Gasteiger partial charge in [-0.25, -0.2) is 0 Å². The Kier molecular flexibility index (Phi) is 4.53. The molecule has 0 unspecified atom stereocenters. The van der Waals surface area contributed by atoms with Gasteiger partial charge in [-0.15, -0.1) is 5.10 Å². The third kappa shape index (κ3) is 2.78. The predicted octanol–water partition coefficient (Wildman–Crippen LogP) is 2.22. The second kappa shape index (κ2) is 6.15. The van der Waals surface area contributed by atoms with E-state index in [1.807, 2.05) is 0 Å². The zero-order valence-corrected chi connectivity index (χ0v) is 12.2. The zero-order valence-electron chi connectivity index (χ0n) is 12.2. The summed E-state index contributed by atoms with van der Waals surface area (Å²) in [7, 11) is 0. The van der Waals surface area contributed by atoms with E-state index in [9.17, 15) is 0 Å². The minimum atomic E-state index is 0.542. The Labute approximate surface area is 115 Å². The number of hydrogen-bond donors (Lipinski definition) is 1. The van der Waals surface area contributed by atoms with Crippen LogP contribution in [-0.4, -0.2) is 23.3 Å². The summed E-state index contributed by atoms with van der Waals surface area (Å²) < 4.78 is 0. The molecule has 0 saturated heterocycles. The first-order chi connectivity index (χ1) is 9.21. The molecule has 0 atom stereocenters. The summed E-state index contributed by atoms with van der Waals surface area (Å²) in [4.78, 5) is 2.29. The van der Waals surface area contributed by atoms with Gasteiger partial charge in [0.2, 0.25) is 0 Å². The number of nitrogens with two attached hydrogens (primary N) is 1. The van der Waals surface area contributed by atoms with Crippen LogP contribution in [0.5, 0.6) is 0 Å². The zero-order chi connectivity index (χ0) is 13.8. The van der Waals surface area contributed by atoms with Crippen LogP contribution in [0.1, 0.15) is 44.0 Å². The van der Waals surface area contributed by atoms with E-state index >= 15 is 0 Å². The molecule has 2 rings (SSSR count). The number of anilines is 1. The minimum absolute atomic E-state index is 0.542. The average Bonchev–Trinajstić information content (AvgIpc) is 2.46. The van der Waals surface area contributed by atoms with Gasteiger partial charge in [-0.2, -0.15) is 5.10 Å². The van der Waals surface area contributed by atoms with Crippen LogP contribution >= 0.6 is 0 Å². The van der Waals surface area contributed by atoms with Gasteiger partial charge in [-0.05, 0) is 31.7 Å². The Bertz CT molecular complexity index is 479. The molecule has 1 aromatic rings.